The largest absolute Gasteiger partial charge is 0.493 e. The van der Waals surface area contributed by atoms with Crippen LogP contribution >= 0.6 is 34.8 Å². The number of halogens is 3. The van der Waals surface area contributed by atoms with E-state index in [1.807, 2.05) is 24.3 Å². The van der Waals surface area contributed by atoms with Gasteiger partial charge in [-0.3, -0.25) is 4.79 Å². The topological polar surface area (TPSA) is 95.0 Å². The average molecular weight is 575 g/mol. The van der Waals surface area contributed by atoms with Crippen LogP contribution < -0.4 is 15.2 Å². The van der Waals surface area contributed by atoms with E-state index in [4.69, 9.17) is 50.0 Å². The van der Waals surface area contributed by atoms with Crippen LogP contribution in [0.2, 0.25) is 5.02 Å². The van der Waals surface area contributed by atoms with Crippen molar-refractivity contribution in [2.75, 3.05) is 25.9 Å². The van der Waals surface area contributed by atoms with Crippen molar-refractivity contribution in [3.05, 3.63) is 70.1 Å². The number of benzene rings is 1. The number of anilines is 1. The first-order valence-electron chi connectivity index (χ1n) is 12.1. The van der Waals surface area contributed by atoms with Crippen LogP contribution in [0.1, 0.15) is 30.9 Å². The smallest absolute Gasteiger partial charge is 0.245 e. The maximum Gasteiger partial charge on any atom is 0.245 e. The highest BCUT2D eigenvalue weighted by molar-refractivity contribution is 6.44. The van der Waals surface area contributed by atoms with Gasteiger partial charge in [0.2, 0.25) is 5.91 Å². The number of nitrogens with two attached hydrogens (primary N) is 1. The third-order valence-electron chi connectivity index (χ3n) is 6.84. The van der Waals surface area contributed by atoms with E-state index in [1.165, 1.54) is 12.4 Å². The first kappa shape index (κ1) is 26.4. The lowest BCUT2D eigenvalue weighted by Gasteiger charge is -2.32. The first-order chi connectivity index (χ1) is 18.3. The number of hydrogen-bond acceptors (Lipinski definition) is 6. The summed E-state index contributed by atoms with van der Waals surface area (Å²) in [7, 11) is 1.57. The van der Waals surface area contributed by atoms with Gasteiger partial charge in [-0.2, -0.15) is 5.10 Å². The molecule has 2 aliphatic rings. The molecule has 8 nitrogen and oxygen atoms in total. The molecule has 2 aromatic heterocycles. The maximum atomic E-state index is 12.3. The number of fused-ring (bicyclic) bond motifs is 1. The third-order valence-corrected chi connectivity index (χ3v) is 8.01. The molecule has 1 aliphatic carbocycles. The minimum Gasteiger partial charge on any atom is -0.493 e. The number of amides is 1. The Morgan fingerprint density at radius 2 is 2.05 bits per heavy atom. The van der Waals surface area contributed by atoms with Gasteiger partial charge >= 0.3 is 0 Å². The Hall–Kier alpha value is -3.20. The van der Waals surface area contributed by atoms with E-state index in [9.17, 15) is 4.79 Å². The van der Waals surface area contributed by atoms with Gasteiger partial charge < -0.3 is 20.1 Å². The van der Waals surface area contributed by atoms with Crippen LogP contribution in [0.5, 0.6) is 11.5 Å². The van der Waals surface area contributed by atoms with Crippen molar-refractivity contribution < 1.29 is 14.3 Å². The second-order valence-electron chi connectivity index (χ2n) is 9.13. The van der Waals surface area contributed by atoms with E-state index in [-0.39, 0.29) is 17.9 Å². The molecule has 3 aromatic rings. The molecule has 3 heterocycles. The van der Waals surface area contributed by atoms with E-state index in [0.29, 0.717) is 63.0 Å². The van der Waals surface area contributed by atoms with Crippen LogP contribution in [-0.2, 0) is 4.79 Å². The summed E-state index contributed by atoms with van der Waals surface area (Å²) in [5.41, 5.74) is 9.19. The predicted octanol–water partition coefficient (Wildman–Crippen LogP) is 5.93. The van der Waals surface area contributed by atoms with Crippen LogP contribution in [0.4, 0.5) is 5.82 Å². The highest BCUT2D eigenvalue weighted by atomic mass is 35.5. The normalized spacial score (nSPS) is 19.6. The lowest BCUT2D eigenvalue weighted by atomic mass is 9.94. The summed E-state index contributed by atoms with van der Waals surface area (Å²) in [5, 5.41) is 5.96. The van der Waals surface area contributed by atoms with Crippen LogP contribution in [0.3, 0.4) is 0 Å². The molecule has 0 bridgehead atoms. The Morgan fingerprint density at radius 1 is 1.24 bits per heavy atom. The summed E-state index contributed by atoms with van der Waals surface area (Å²) in [6.07, 6.45) is 8.32. The number of aromatic nitrogens is 3. The molecule has 0 spiro atoms. The van der Waals surface area contributed by atoms with Gasteiger partial charge in [-0.05, 0) is 42.7 Å². The molecule has 0 saturated carbocycles. The van der Waals surface area contributed by atoms with E-state index in [0.717, 1.165) is 24.1 Å². The summed E-state index contributed by atoms with van der Waals surface area (Å²) in [4.78, 5) is 18.3. The number of methoxy groups -OCH3 is 1. The second-order valence-corrected chi connectivity index (χ2v) is 10.3. The zero-order chi connectivity index (χ0) is 27.0. The van der Waals surface area contributed by atoms with Gasteiger partial charge in [-0.25, -0.2) is 9.50 Å². The molecule has 11 heteroatoms. The number of carbonyl (C=O) groups excluding carboxylic acids is 1. The molecular formula is C27H26Cl3N5O3. The molecule has 1 aromatic carbocycles. The van der Waals surface area contributed by atoms with Gasteiger partial charge in [-0.15, -0.1) is 0 Å². The summed E-state index contributed by atoms with van der Waals surface area (Å²) in [6.45, 7) is 4.80. The molecule has 2 N–H and O–H groups in total. The molecule has 1 amide bonds. The van der Waals surface area contributed by atoms with Crippen molar-refractivity contribution in [3.63, 3.8) is 0 Å². The monoisotopic (exact) mass is 573 g/mol. The molecule has 1 fully saturated rings. The Balaban J connectivity index is 1.56. The molecule has 5 rings (SSSR count). The van der Waals surface area contributed by atoms with Crippen molar-refractivity contribution in [2.24, 2.45) is 0 Å². The average Bonchev–Trinajstić information content (AvgIpc) is 3.23. The third kappa shape index (κ3) is 4.84. The van der Waals surface area contributed by atoms with E-state index >= 15 is 0 Å². The number of ether oxygens (including phenoxy) is 2. The van der Waals surface area contributed by atoms with E-state index in [1.54, 1.807) is 22.6 Å². The van der Waals surface area contributed by atoms with E-state index < -0.39 is 0 Å². The fraction of sp³-hybridized carbons (Fsp3) is 0.296. The number of likely N-dealkylation sites (tertiary alicyclic amines) is 1. The van der Waals surface area contributed by atoms with Crippen LogP contribution in [-0.4, -0.2) is 51.7 Å². The maximum absolute atomic E-state index is 12.3. The number of nitrogen functional groups attached to an aromatic ring is 1. The Morgan fingerprint density at radius 3 is 2.79 bits per heavy atom. The van der Waals surface area contributed by atoms with E-state index in [2.05, 4.69) is 16.7 Å². The molecule has 1 saturated heterocycles. The first-order valence-corrected chi connectivity index (χ1v) is 13.3. The number of rotatable bonds is 6. The van der Waals surface area contributed by atoms with Crippen molar-refractivity contribution in [2.45, 2.75) is 31.3 Å². The Kier molecular flexibility index (Phi) is 7.56. The number of nitrogens with zero attached hydrogens (tertiary/aromatic N) is 4. The predicted molar refractivity (Wildman–Crippen MR) is 150 cm³/mol. The number of hydrogen-bond donors (Lipinski definition) is 1. The van der Waals surface area contributed by atoms with Crippen molar-refractivity contribution in [3.8, 4) is 22.6 Å². The molecule has 2 unspecified atom stereocenters. The quantitative estimate of drug-likeness (QED) is 0.367. The van der Waals surface area contributed by atoms with Crippen molar-refractivity contribution in [1.29, 1.82) is 0 Å². The van der Waals surface area contributed by atoms with Gasteiger partial charge in [-0.1, -0.05) is 53.5 Å². The summed E-state index contributed by atoms with van der Waals surface area (Å²) in [5.74, 6) is 1.21. The second kappa shape index (κ2) is 10.9. The minimum absolute atomic E-state index is 0.0390. The number of carbonyl (C=O) groups is 1. The van der Waals surface area contributed by atoms with Gasteiger partial charge in [0.25, 0.3) is 0 Å². The fourth-order valence-electron chi connectivity index (χ4n) is 5.05. The Labute approximate surface area is 235 Å². The highest BCUT2D eigenvalue weighted by Gasteiger charge is 2.31. The summed E-state index contributed by atoms with van der Waals surface area (Å²) in [6, 6.07) is 5.55. The minimum atomic E-state index is -0.285. The van der Waals surface area contributed by atoms with Crippen LogP contribution in [0, 0.1) is 0 Å². The van der Waals surface area contributed by atoms with Gasteiger partial charge in [0.15, 0.2) is 17.3 Å². The van der Waals surface area contributed by atoms with Crippen LogP contribution in [0.25, 0.3) is 16.6 Å². The molecular weight excluding hydrogens is 549 g/mol. The molecule has 198 valence electrons. The van der Waals surface area contributed by atoms with Gasteiger partial charge in [0, 0.05) is 31.0 Å². The van der Waals surface area contributed by atoms with Gasteiger partial charge in [0.05, 0.1) is 27.9 Å². The van der Waals surface area contributed by atoms with Crippen molar-refractivity contribution >= 4 is 52.0 Å². The number of piperidine rings is 1. The molecule has 38 heavy (non-hydrogen) atoms. The Bertz CT molecular complexity index is 1480. The fourth-order valence-corrected chi connectivity index (χ4v) is 5.85. The zero-order valence-corrected chi connectivity index (χ0v) is 22.9. The summed E-state index contributed by atoms with van der Waals surface area (Å²) >= 11 is 19.3. The lowest BCUT2D eigenvalue weighted by Crippen LogP contribution is -2.38. The van der Waals surface area contributed by atoms with Crippen molar-refractivity contribution in [1.82, 2.24) is 19.5 Å². The highest BCUT2D eigenvalue weighted by Crippen LogP contribution is 2.45. The zero-order valence-electron chi connectivity index (χ0n) is 20.7. The lowest BCUT2D eigenvalue weighted by molar-refractivity contribution is -0.127. The van der Waals surface area contributed by atoms with Gasteiger partial charge in [0.1, 0.15) is 17.9 Å². The standard InChI is InChI=1S/C27H26Cl3N5O3/c1-3-22(36)34-10-4-5-16(13-34)25-24(30)23(26-27(31)32-14-33-35(25)26)15-6-9-20(21(11-15)37-2)38-17-7-8-18(28)19(29)12-17/h3,6,8-9,11-12,14,16-17H,1,4-5,7,10,13H2,2H3,(H2,31,32,33). The van der Waals surface area contributed by atoms with Crippen LogP contribution in [0.15, 0.2) is 59.4 Å². The summed E-state index contributed by atoms with van der Waals surface area (Å²) < 4.78 is 13.6. The molecule has 2 atom stereocenters. The SMILES string of the molecule is C=CC(=O)N1CCCC(c2c(Cl)c(-c3ccc(OC4C=C(Cl)C(Cl)=CC4)c(OC)c3)c3c(N)ncnn23)C1. The molecule has 1 aliphatic heterocycles. The molecule has 0 radical (unpaired) electrons. The number of allylic oxidation sites excluding steroid dienone is 2.